The van der Waals surface area contributed by atoms with Crippen molar-refractivity contribution in [3.05, 3.63) is 53.7 Å². The molecule has 1 atom stereocenters. The number of piperidine rings is 2. The zero-order chi connectivity index (χ0) is 43.7. The van der Waals surface area contributed by atoms with E-state index in [9.17, 15) is 19.2 Å². The van der Waals surface area contributed by atoms with Crippen molar-refractivity contribution in [2.45, 2.75) is 107 Å². The van der Waals surface area contributed by atoms with E-state index in [1.165, 1.54) is 32.6 Å². The van der Waals surface area contributed by atoms with Crippen LogP contribution in [0.1, 0.15) is 99.0 Å². The number of alkyl halides is 2. The number of rotatable bonds is 11. The highest BCUT2D eigenvalue weighted by Gasteiger charge is 2.49. The molecule has 2 aliphatic carbocycles. The van der Waals surface area contributed by atoms with Crippen LogP contribution < -0.4 is 35.4 Å². The highest BCUT2D eigenvalue weighted by atomic mass is 19.3. The van der Waals surface area contributed by atoms with Gasteiger partial charge in [-0.2, -0.15) is 13.8 Å². The van der Waals surface area contributed by atoms with Crippen molar-refractivity contribution >= 4 is 52.5 Å². The summed E-state index contributed by atoms with van der Waals surface area (Å²) in [6, 6.07) is 6.62. The van der Waals surface area contributed by atoms with Gasteiger partial charge in [-0.1, -0.05) is 12.8 Å². The van der Waals surface area contributed by atoms with Gasteiger partial charge in [0, 0.05) is 56.8 Å². The third kappa shape index (κ3) is 9.15. The molecule has 8 rings (SSSR count). The molecule has 332 valence electrons. The first kappa shape index (κ1) is 43.1. The van der Waals surface area contributed by atoms with Crippen molar-refractivity contribution in [2.24, 2.45) is 5.92 Å². The number of aromatic nitrogens is 3. The SMILES string of the molecule is COc1cc(C(=O)NC2CCC(N(C)CC3CCN(c4cnc(C5CCC(=O)NC5=O)cc4F)CC3)CC2)ccc1Nc1ncc2c(n1)N(C1CCCC1)CC(F)(F)C(=O)N2C. The van der Waals surface area contributed by atoms with Crippen LogP contribution >= 0.6 is 0 Å². The maximum Gasteiger partial charge on any atom is 0.342 e. The van der Waals surface area contributed by atoms with Crippen molar-refractivity contribution in [3.8, 4) is 5.75 Å². The molecule has 3 N–H and O–H groups in total. The molecule has 1 aromatic carbocycles. The second-order valence-electron chi connectivity index (χ2n) is 17.5. The highest BCUT2D eigenvalue weighted by molar-refractivity contribution is 6.02. The molecule has 0 spiro atoms. The number of imide groups is 1. The van der Waals surface area contributed by atoms with Gasteiger partial charge in [0.2, 0.25) is 17.8 Å². The second-order valence-corrected chi connectivity index (χ2v) is 17.5. The summed E-state index contributed by atoms with van der Waals surface area (Å²) in [4.78, 5) is 70.3. The number of ether oxygens (including phenoxy) is 1. The van der Waals surface area contributed by atoms with E-state index in [-0.39, 0.29) is 47.8 Å². The van der Waals surface area contributed by atoms with Crippen LogP contribution in [-0.4, -0.2) is 115 Å². The molecule has 5 aliphatic rings. The molecule has 18 heteroatoms. The summed E-state index contributed by atoms with van der Waals surface area (Å²) in [7, 11) is 4.97. The quantitative estimate of drug-likeness (QED) is 0.207. The number of nitrogens with one attached hydrogen (secondary N) is 3. The number of fused-ring (bicyclic) bond motifs is 1. The van der Waals surface area contributed by atoms with E-state index in [4.69, 9.17) is 4.74 Å². The number of nitrogens with zero attached hydrogens (tertiary/aromatic N) is 7. The van der Waals surface area contributed by atoms with Crippen LogP contribution in [0.15, 0.2) is 36.7 Å². The Morgan fingerprint density at radius 2 is 1.69 bits per heavy atom. The molecule has 3 aliphatic heterocycles. The van der Waals surface area contributed by atoms with Crippen LogP contribution in [0, 0.1) is 11.7 Å². The van der Waals surface area contributed by atoms with Crippen LogP contribution in [0.2, 0.25) is 0 Å². The Morgan fingerprint density at radius 3 is 2.39 bits per heavy atom. The molecular weight excluding hydrogens is 806 g/mol. The molecule has 4 amide bonds. The number of methoxy groups -OCH3 is 1. The number of halogens is 3. The lowest BCUT2D eigenvalue weighted by Gasteiger charge is -2.39. The Bertz CT molecular complexity index is 2170. The average molecular weight is 861 g/mol. The lowest BCUT2D eigenvalue weighted by atomic mass is 9.88. The second kappa shape index (κ2) is 18.1. The number of carbonyl (C=O) groups excluding carboxylic acids is 4. The van der Waals surface area contributed by atoms with Gasteiger partial charge in [0.05, 0.1) is 49.0 Å². The van der Waals surface area contributed by atoms with Crippen molar-refractivity contribution in [1.82, 2.24) is 30.5 Å². The van der Waals surface area contributed by atoms with Crippen molar-refractivity contribution in [1.29, 1.82) is 0 Å². The first-order chi connectivity index (χ1) is 29.8. The number of amides is 4. The number of carbonyl (C=O) groups is 4. The highest BCUT2D eigenvalue weighted by Crippen LogP contribution is 2.40. The standard InChI is InChI=1S/C44H55F3N10O5/c1-54(24-26-16-18-56(19-17-26)35-22-48-34(21-32(35)45)31-13-15-38(58)52-41(31)60)29-11-9-28(10-12-29)50-40(59)27-8-14-33(37(20-27)62-3)51-43-49-23-36-39(53-43)57(30-6-4-5-7-30)25-44(46,47)42(61)55(36)2/h8,14,20-23,26,28-31H,4-7,9-13,15-19,24-25H2,1-3H3,(H,50,59)(H,49,51,53)(H,52,58,60). The van der Waals surface area contributed by atoms with Gasteiger partial charge >= 0.3 is 5.92 Å². The maximum atomic E-state index is 15.3. The summed E-state index contributed by atoms with van der Waals surface area (Å²) < 4.78 is 51.0. The number of benzene rings is 1. The molecular formula is C44H55F3N10O5. The zero-order valence-corrected chi connectivity index (χ0v) is 35.5. The fourth-order valence-corrected chi connectivity index (χ4v) is 9.84. The van der Waals surface area contributed by atoms with Crippen LogP contribution in [0.4, 0.5) is 42.0 Å². The first-order valence-electron chi connectivity index (χ1n) is 21.8. The van der Waals surface area contributed by atoms with Gasteiger partial charge in [-0.25, -0.2) is 9.37 Å². The summed E-state index contributed by atoms with van der Waals surface area (Å²) in [6.45, 7) is 1.60. The monoisotopic (exact) mass is 860 g/mol. The molecule has 2 saturated carbocycles. The summed E-state index contributed by atoms with van der Waals surface area (Å²) in [5.74, 6) is -5.60. The molecule has 5 heterocycles. The van der Waals surface area contributed by atoms with E-state index in [2.05, 4.69) is 42.8 Å². The van der Waals surface area contributed by atoms with Gasteiger partial charge in [0.25, 0.3) is 11.8 Å². The minimum Gasteiger partial charge on any atom is -0.495 e. The van der Waals surface area contributed by atoms with E-state index < -0.39 is 36.0 Å². The summed E-state index contributed by atoms with van der Waals surface area (Å²) in [6.07, 6.45) is 12.2. The topological polar surface area (TPSA) is 165 Å². The van der Waals surface area contributed by atoms with Gasteiger partial charge in [-0.3, -0.25) is 29.5 Å². The summed E-state index contributed by atoms with van der Waals surface area (Å²) in [5, 5.41) is 8.64. The molecule has 1 unspecified atom stereocenters. The number of hydrogen-bond donors (Lipinski definition) is 3. The smallest absolute Gasteiger partial charge is 0.342 e. The predicted molar refractivity (Wildman–Crippen MR) is 227 cm³/mol. The van der Waals surface area contributed by atoms with E-state index in [0.29, 0.717) is 59.9 Å². The Kier molecular flexibility index (Phi) is 12.6. The van der Waals surface area contributed by atoms with E-state index >= 15 is 13.2 Å². The predicted octanol–water partition coefficient (Wildman–Crippen LogP) is 5.53. The summed E-state index contributed by atoms with van der Waals surface area (Å²) >= 11 is 0. The van der Waals surface area contributed by atoms with Gasteiger partial charge in [0.1, 0.15) is 17.3 Å². The Hall–Kier alpha value is -5.52. The largest absolute Gasteiger partial charge is 0.495 e. The summed E-state index contributed by atoms with van der Waals surface area (Å²) in [5.41, 5.74) is 1.91. The van der Waals surface area contributed by atoms with Gasteiger partial charge < -0.3 is 35.0 Å². The van der Waals surface area contributed by atoms with E-state index in [0.717, 1.165) is 75.7 Å². The minimum absolute atomic E-state index is 0.0252. The molecule has 15 nitrogen and oxygen atoms in total. The van der Waals surface area contributed by atoms with Gasteiger partial charge in [-0.15, -0.1) is 0 Å². The zero-order valence-electron chi connectivity index (χ0n) is 35.5. The Morgan fingerprint density at radius 1 is 0.968 bits per heavy atom. The normalized spacial score (nSPS) is 23.6. The molecule has 3 aromatic rings. The van der Waals surface area contributed by atoms with Crippen LogP contribution in [0.25, 0.3) is 0 Å². The third-order valence-corrected chi connectivity index (χ3v) is 13.5. The number of hydrogen-bond acceptors (Lipinski definition) is 12. The third-order valence-electron chi connectivity index (χ3n) is 13.5. The van der Waals surface area contributed by atoms with Gasteiger partial charge in [-0.05, 0) is 95.0 Å². The number of anilines is 5. The fourth-order valence-electron chi connectivity index (χ4n) is 9.84. The molecule has 0 radical (unpaired) electrons. The first-order valence-corrected chi connectivity index (χ1v) is 21.8. The van der Waals surface area contributed by atoms with Gasteiger partial charge in [0.15, 0.2) is 5.82 Å². The lowest BCUT2D eigenvalue weighted by molar-refractivity contribution is -0.140. The molecule has 0 bridgehead atoms. The van der Waals surface area contributed by atoms with Crippen LogP contribution in [0.3, 0.4) is 0 Å². The minimum atomic E-state index is -3.58. The van der Waals surface area contributed by atoms with Crippen molar-refractivity contribution < 1.29 is 37.1 Å². The average Bonchev–Trinajstić information content (AvgIpc) is 3.79. The maximum absolute atomic E-state index is 15.3. The fraction of sp³-hybridized carbons (Fsp3) is 0.568. The Balaban J connectivity index is 0.815. The van der Waals surface area contributed by atoms with Crippen molar-refractivity contribution in [3.63, 3.8) is 0 Å². The Labute approximate surface area is 359 Å². The number of pyridine rings is 1. The molecule has 62 heavy (non-hydrogen) atoms. The molecule has 2 aromatic heterocycles. The van der Waals surface area contributed by atoms with Crippen LogP contribution in [-0.2, 0) is 14.4 Å². The van der Waals surface area contributed by atoms with Crippen molar-refractivity contribution in [2.75, 3.05) is 67.4 Å². The molecule has 4 fully saturated rings. The van der Waals surface area contributed by atoms with Crippen LogP contribution in [0.5, 0.6) is 5.75 Å². The van der Waals surface area contributed by atoms with E-state index in [1.807, 2.05) is 4.90 Å². The van der Waals surface area contributed by atoms with E-state index in [1.54, 1.807) is 23.1 Å². The molecule has 2 saturated heterocycles. The lowest BCUT2D eigenvalue weighted by Crippen LogP contribution is -2.48.